The molecule has 1 unspecified atom stereocenters. The fraction of sp³-hybridized carbons (Fsp3) is 0.722. The van der Waals surface area contributed by atoms with Crippen molar-refractivity contribution in [2.24, 2.45) is 5.92 Å². The van der Waals surface area contributed by atoms with E-state index in [2.05, 4.69) is 57.0 Å². The van der Waals surface area contributed by atoms with Crippen molar-refractivity contribution in [1.29, 1.82) is 0 Å². The molecule has 1 N–H and O–H groups in total. The molecule has 120 valence electrons. The SMILES string of the molecule is CCNC(CC)c1ccc(N(CC)CC(CC)CC)cn1. The third kappa shape index (κ3) is 5.31. The van der Waals surface area contributed by atoms with Crippen LogP contribution in [0.25, 0.3) is 0 Å². The molecule has 0 spiro atoms. The van der Waals surface area contributed by atoms with Gasteiger partial charge >= 0.3 is 0 Å². The number of hydrogen-bond acceptors (Lipinski definition) is 3. The first-order valence-electron chi connectivity index (χ1n) is 8.64. The van der Waals surface area contributed by atoms with E-state index in [-0.39, 0.29) is 0 Å². The molecule has 0 saturated carbocycles. The first-order valence-corrected chi connectivity index (χ1v) is 8.64. The van der Waals surface area contributed by atoms with Crippen LogP contribution < -0.4 is 10.2 Å². The minimum Gasteiger partial charge on any atom is -0.370 e. The monoisotopic (exact) mass is 291 g/mol. The van der Waals surface area contributed by atoms with Crippen LogP contribution in [0.3, 0.4) is 0 Å². The van der Waals surface area contributed by atoms with Gasteiger partial charge in [0.15, 0.2) is 0 Å². The molecule has 0 aromatic carbocycles. The number of rotatable bonds is 10. The first kappa shape index (κ1) is 18.0. The molecule has 3 nitrogen and oxygen atoms in total. The third-order valence-electron chi connectivity index (χ3n) is 4.37. The van der Waals surface area contributed by atoms with Gasteiger partial charge in [-0.05, 0) is 37.9 Å². The maximum atomic E-state index is 4.69. The number of nitrogens with one attached hydrogen (secondary N) is 1. The maximum absolute atomic E-state index is 4.69. The summed E-state index contributed by atoms with van der Waals surface area (Å²) in [6.07, 6.45) is 5.61. The molecule has 0 aliphatic carbocycles. The summed E-state index contributed by atoms with van der Waals surface area (Å²) in [6.45, 7) is 14.3. The molecule has 21 heavy (non-hydrogen) atoms. The zero-order valence-corrected chi connectivity index (χ0v) is 14.5. The summed E-state index contributed by atoms with van der Waals surface area (Å²) in [7, 11) is 0. The van der Waals surface area contributed by atoms with Crippen molar-refractivity contribution in [2.75, 3.05) is 24.5 Å². The number of nitrogens with zero attached hydrogens (tertiary/aromatic N) is 2. The van der Waals surface area contributed by atoms with Crippen LogP contribution in [-0.4, -0.2) is 24.6 Å². The lowest BCUT2D eigenvalue weighted by atomic mass is 10.0. The lowest BCUT2D eigenvalue weighted by molar-refractivity contribution is 0.485. The van der Waals surface area contributed by atoms with Crippen molar-refractivity contribution in [3.05, 3.63) is 24.0 Å². The van der Waals surface area contributed by atoms with Crippen LogP contribution in [0.5, 0.6) is 0 Å². The molecule has 1 aromatic heterocycles. The highest BCUT2D eigenvalue weighted by molar-refractivity contribution is 5.44. The Labute approximate surface area is 131 Å². The van der Waals surface area contributed by atoms with Crippen molar-refractivity contribution in [1.82, 2.24) is 10.3 Å². The molecular weight excluding hydrogens is 258 g/mol. The molecular formula is C18H33N3. The number of aromatic nitrogens is 1. The van der Waals surface area contributed by atoms with Crippen LogP contribution in [0.1, 0.15) is 65.6 Å². The fourth-order valence-corrected chi connectivity index (χ4v) is 2.77. The Morgan fingerprint density at radius 2 is 1.76 bits per heavy atom. The van der Waals surface area contributed by atoms with Gasteiger partial charge in [-0.3, -0.25) is 4.98 Å². The fourth-order valence-electron chi connectivity index (χ4n) is 2.77. The molecule has 3 heteroatoms. The minimum atomic E-state index is 0.373. The van der Waals surface area contributed by atoms with Gasteiger partial charge in [0.25, 0.3) is 0 Å². The highest BCUT2D eigenvalue weighted by atomic mass is 15.1. The lowest BCUT2D eigenvalue weighted by Crippen LogP contribution is -2.29. The van der Waals surface area contributed by atoms with Gasteiger partial charge < -0.3 is 10.2 Å². The Morgan fingerprint density at radius 1 is 1.05 bits per heavy atom. The van der Waals surface area contributed by atoms with Crippen LogP contribution in [0.15, 0.2) is 18.3 Å². The number of anilines is 1. The van der Waals surface area contributed by atoms with Gasteiger partial charge in [-0.1, -0.05) is 40.5 Å². The predicted octanol–water partition coefficient (Wildman–Crippen LogP) is 4.40. The molecule has 1 aromatic rings. The Bertz CT molecular complexity index is 371. The summed E-state index contributed by atoms with van der Waals surface area (Å²) in [4.78, 5) is 7.14. The van der Waals surface area contributed by atoms with Crippen molar-refractivity contribution < 1.29 is 0 Å². The van der Waals surface area contributed by atoms with E-state index in [0.29, 0.717) is 6.04 Å². The molecule has 1 atom stereocenters. The highest BCUT2D eigenvalue weighted by Gasteiger charge is 2.13. The number of pyridine rings is 1. The van der Waals surface area contributed by atoms with Gasteiger partial charge in [0.2, 0.25) is 0 Å². The summed E-state index contributed by atoms with van der Waals surface area (Å²) in [5.41, 5.74) is 2.40. The smallest absolute Gasteiger partial charge is 0.0574 e. The van der Waals surface area contributed by atoms with Gasteiger partial charge in [-0.25, -0.2) is 0 Å². The van der Waals surface area contributed by atoms with E-state index in [1.165, 1.54) is 18.5 Å². The van der Waals surface area contributed by atoms with E-state index in [1.54, 1.807) is 0 Å². The third-order valence-corrected chi connectivity index (χ3v) is 4.37. The van der Waals surface area contributed by atoms with Crippen LogP contribution in [-0.2, 0) is 0 Å². The van der Waals surface area contributed by atoms with E-state index in [9.17, 15) is 0 Å². The molecule has 1 heterocycles. The van der Waals surface area contributed by atoms with E-state index < -0.39 is 0 Å². The maximum Gasteiger partial charge on any atom is 0.0574 e. The van der Waals surface area contributed by atoms with E-state index in [0.717, 1.165) is 37.7 Å². The van der Waals surface area contributed by atoms with Crippen LogP contribution in [0.4, 0.5) is 5.69 Å². The molecule has 0 bridgehead atoms. The van der Waals surface area contributed by atoms with Crippen LogP contribution in [0, 0.1) is 5.92 Å². The van der Waals surface area contributed by atoms with Crippen LogP contribution >= 0.6 is 0 Å². The molecule has 0 aliphatic rings. The second-order valence-electron chi connectivity index (χ2n) is 5.68. The Kier molecular flexibility index (Phi) is 8.36. The van der Waals surface area contributed by atoms with Gasteiger partial charge in [0, 0.05) is 19.1 Å². The predicted molar refractivity (Wildman–Crippen MR) is 92.9 cm³/mol. The first-order chi connectivity index (χ1) is 10.2. The van der Waals surface area contributed by atoms with Crippen molar-refractivity contribution in [3.8, 4) is 0 Å². The summed E-state index contributed by atoms with van der Waals surface area (Å²) in [5.74, 6) is 0.773. The Balaban J connectivity index is 2.78. The lowest BCUT2D eigenvalue weighted by Gasteiger charge is -2.27. The van der Waals surface area contributed by atoms with Crippen LogP contribution in [0.2, 0.25) is 0 Å². The molecule has 1 rings (SSSR count). The average Bonchev–Trinajstić information content (AvgIpc) is 2.54. The second kappa shape index (κ2) is 9.78. The zero-order valence-electron chi connectivity index (χ0n) is 14.5. The molecule has 0 aliphatic heterocycles. The van der Waals surface area contributed by atoms with Gasteiger partial charge in [0.05, 0.1) is 17.6 Å². The largest absolute Gasteiger partial charge is 0.370 e. The summed E-state index contributed by atoms with van der Waals surface area (Å²) < 4.78 is 0. The van der Waals surface area contributed by atoms with Crippen molar-refractivity contribution in [2.45, 2.75) is 59.9 Å². The summed E-state index contributed by atoms with van der Waals surface area (Å²) in [6, 6.07) is 4.79. The minimum absolute atomic E-state index is 0.373. The summed E-state index contributed by atoms with van der Waals surface area (Å²) >= 11 is 0. The van der Waals surface area contributed by atoms with Gasteiger partial charge in [-0.15, -0.1) is 0 Å². The van der Waals surface area contributed by atoms with E-state index in [4.69, 9.17) is 4.98 Å². The zero-order chi connectivity index (χ0) is 15.7. The molecule has 0 radical (unpaired) electrons. The van der Waals surface area contributed by atoms with Crippen molar-refractivity contribution in [3.63, 3.8) is 0 Å². The van der Waals surface area contributed by atoms with Crippen molar-refractivity contribution >= 4 is 5.69 Å². The van der Waals surface area contributed by atoms with Gasteiger partial charge in [0.1, 0.15) is 0 Å². The van der Waals surface area contributed by atoms with E-state index in [1.807, 2.05) is 6.20 Å². The molecule has 0 saturated heterocycles. The van der Waals surface area contributed by atoms with E-state index >= 15 is 0 Å². The quantitative estimate of drug-likeness (QED) is 0.692. The molecule has 0 amide bonds. The Hall–Kier alpha value is -1.09. The average molecular weight is 291 g/mol. The molecule has 0 fully saturated rings. The normalized spacial score (nSPS) is 12.7. The topological polar surface area (TPSA) is 28.2 Å². The number of hydrogen-bond donors (Lipinski definition) is 1. The van der Waals surface area contributed by atoms with Gasteiger partial charge in [-0.2, -0.15) is 0 Å². The highest BCUT2D eigenvalue weighted by Crippen LogP contribution is 2.20. The Morgan fingerprint density at radius 3 is 2.19 bits per heavy atom. The summed E-state index contributed by atoms with van der Waals surface area (Å²) in [5, 5.41) is 3.49. The standard InChI is InChI=1S/C18H33N3/c1-6-15(7-2)14-21(10-5)16-11-12-18(20-13-16)17(8-3)19-9-4/h11-13,15,17,19H,6-10,14H2,1-5H3. The second-order valence-corrected chi connectivity index (χ2v) is 5.68.